The molecule has 0 saturated carbocycles. The van der Waals surface area contributed by atoms with E-state index in [1.165, 1.54) is 6.20 Å². The first-order valence-electron chi connectivity index (χ1n) is 6.69. The number of aromatic nitrogens is 3. The number of carbonyl (C=O) groups excluding carboxylic acids is 1. The van der Waals surface area contributed by atoms with E-state index < -0.39 is 0 Å². The maximum atomic E-state index is 12.0. The summed E-state index contributed by atoms with van der Waals surface area (Å²) in [5.74, 6) is -0.213. The summed E-state index contributed by atoms with van der Waals surface area (Å²) in [5.41, 5.74) is 2.18. The maximum absolute atomic E-state index is 12.0. The molecule has 5 nitrogen and oxygen atoms in total. The monoisotopic (exact) mass is 312 g/mol. The molecule has 0 aliphatic rings. The van der Waals surface area contributed by atoms with E-state index in [1.807, 2.05) is 24.3 Å². The van der Waals surface area contributed by atoms with Crippen molar-refractivity contribution in [2.45, 2.75) is 6.54 Å². The third-order valence-electron chi connectivity index (χ3n) is 3.05. The number of pyridine rings is 1. The van der Waals surface area contributed by atoms with Crippen molar-refractivity contribution in [3.63, 3.8) is 0 Å². The van der Waals surface area contributed by atoms with Crippen LogP contribution < -0.4 is 5.32 Å². The molecule has 0 saturated heterocycles. The molecule has 1 aromatic carbocycles. The highest BCUT2D eigenvalue weighted by Crippen LogP contribution is 2.13. The van der Waals surface area contributed by atoms with Crippen molar-refractivity contribution >= 4 is 23.2 Å². The van der Waals surface area contributed by atoms with Gasteiger partial charge in [-0.2, -0.15) is 5.10 Å². The summed E-state index contributed by atoms with van der Waals surface area (Å²) < 4.78 is 1.74. The van der Waals surface area contributed by atoms with Crippen LogP contribution in [0.4, 0.5) is 5.69 Å². The summed E-state index contributed by atoms with van der Waals surface area (Å²) in [4.78, 5) is 15.9. The van der Waals surface area contributed by atoms with E-state index in [2.05, 4.69) is 15.4 Å². The minimum atomic E-state index is -0.213. The van der Waals surface area contributed by atoms with Crippen molar-refractivity contribution in [2.24, 2.45) is 0 Å². The zero-order chi connectivity index (χ0) is 15.4. The number of hydrogen-bond acceptors (Lipinski definition) is 3. The highest BCUT2D eigenvalue weighted by Gasteiger charge is 2.07. The fourth-order valence-electron chi connectivity index (χ4n) is 2.04. The molecule has 0 atom stereocenters. The van der Waals surface area contributed by atoms with Gasteiger partial charge >= 0.3 is 0 Å². The number of carbonyl (C=O) groups is 1. The highest BCUT2D eigenvalue weighted by molar-refractivity contribution is 6.30. The van der Waals surface area contributed by atoms with E-state index in [0.29, 0.717) is 22.8 Å². The van der Waals surface area contributed by atoms with Gasteiger partial charge in [0.15, 0.2) is 0 Å². The Balaban J connectivity index is 1.68. The van der Waals surface area contributed by atoms with Gasteiger partial charge in [0.2, 0.25) is 0 Å². The van der Waals surface area contributed by atoms with Crippen LogP contribution in [0.3, 0.4) is 0 Å². The SMILES string of the molecule is O=C(Nc1cnn(Cc2cccc(Cl)c2)c1)c1cccnc1. The lowest BCUT2D eigenvalue weighted by Gasteiger charge is -2.03. The van der Waals surface area contributed by atoms with Crippen molar-refractivity contribution in [1.29, 1.82) is 0 Å². The third kappa shape index (κ3) is 3.51. The average Bonchev–Trinajstić information content (AvgIpc) is 2.95. The molecule has 0 aliphatic heterocycles. The number of halogens is 1. The number of rotatable bonds is 4. The molecule has 22 heavy (non-hydrogen) atoms. The Hall–Kier alpha value is -2.66. The van der Waals surface area contributed by atoms with Crippen molar-refractivity contribution in [2.75, 3.05) is 5.32 Å². The second kappa shape index (κ2) is 6.41. The van der Waals surface area contributed by atoms with Crippen LogP contribution in [0.2, 0.25) is 5.02 Å². The predicted octanol–water partition coefficient (Wildman–Crippen LogP) is 3.23. The molecule has 2 heterocycles. The molecule has 3 rings (SSSR count). The van der Waals surface area contributed by atoms with E-state index >= 15 is 0 Å². The first-order chi connectivity index (χ1) is 10.7. The van der Waals surface area contributed by atoms with Gasteiger partial charge in [-0.25, -0.2) is 0 Å². The molecule has 110 valence electrons. The van der Waals surface area contributed by atoms with Gasteiger partial charge in [-0.15, -0.1) is 0 Å². The Morgan fingerprint density at radius 1 is 1.23 bits per heavy atom. The number of nitrogens with zero attached hydrogens (tertiary/aromatic N) is 3. The minimum absolute atomic E-state index is 0.213. The van der Waals surface area contributed by atoms with Crippen LogP contribution in [0.25, 0.3) is 0 Å². The van der Waals surface area contributed by atoms with Gasteiger partial charge in [0, 0.05) is 23.6 Å². The summed E-state index contributed by atoms with van der Waals surface area (Å²) in [6.07, 6.45) is 6.53. The van der Waals surface area contributed by atoms with Crippen LogP contribution in [-0.2, 0) is 6.54 Å². The van der Waals surface area contributed by atoms with E-state index in [4.69, 9.17) is 11.6 Å². The molecule has 0 radical (unpaired) electrons. The average molecular weight is 313 g/mol. The van der Waals surface area contributed by atoms with Crippen molar-refractivity contribution in [3.05, 3.63) is 77.3 Å². The van der Waals surface area contributed by atoms with E-state index in [9.17, 15) is 4.79 Å². The van der Waals surface area contributed by atoms with Crippen LogP contribution in [0.1, 0.15) is 15.9 Å². The maximum Gasteiger partial charge on any atom is 0.257 e. The topological polar surface area (TPSA) is 59.8 Å². The minimum Gasteiger partial charge on any atom is -0.319 e. The molecule has 0 aliphatic carbocycles. The van der Waals surface area contributed by atoms with Crippen LogP contribution in [0.15, 0.2) is 61.2 Å². The molecule has 6 heteroatoms. The Morgan fingerprint density at radius 3 is 2.91 bits per heavy atom. The fourth-order valence-corrected chi connectivity index (χ4v) is 2.25. The zero-order valence-corrected chi connectivity index (χ0v) is 12.4. The van der Waals surface area contributed by atoms with Crippen LogP contribution in [0, 0.1) is 0 Å². The van der Waals surface area contributed by atoms with E-state index in [0.717, 1.165) is 5.56 Å². The van der Waals surface area contributed by atoms with E-state index in [-0.39, 0.29) is 5.91 Å². The van der Waals surface area contributed by atoms with Crippen molar-refractivity contribution < 1.29 is 4.79 Å². The summed E-state index contributed by atoms with van der Waals surface area (Å²) in [6.45, 7) is 0.587. The smallest absolute Gasteiger partial charge is 0.257 e. The first kappa shape index (κ1) is 14.3. The van der Waals surface area contributed by atoms with Crippen LogP contribution in [-0.4, -0.2) is 20.7 Å². The number of nitrogens with one attached hydrogen (secondary N) is 1. The lowest BCUT2D eigenvalue weighted by atomic mass is 10.2. The molecule has 0 bridgehead atoms. The largest absolute Gasteiger partial charge is 0.319 e. The van der Waals surface area contributed by atoms with Gasteiger partial charge in [0.1, 0.15) is 0 Å². The van der Waals surface area contributed by atoms with Gasteiger partial charge in [0.05, 0.1) is 24.0 Å². The Labute approximate surface area is 132 Å². The number of benzene rings is 1. The molecule has 0 spiro atoms. The normalized spacial score (nSPS) is 10.4. The quantitative estimate of drug-likeness (QED) is 0.804. The predicted molar refractivity (Wildman–Crippen MR) is 85.0 cm³/mol. The van der Waals surface area contributed by atoms with Gasteiger partial charge in [-0.05, 0) is 29.8 Å². The Bertz CT molecular complexity index is 786. The third-order valence-corrected chi connectivity index (χ3v) is 3.28. The molecule has 0 fully saturated rings. The standard InChI is InChI=1S/C16H13ClN4O/c17-14-5-1-3-12(7-14)10-21-11-15(9-19-21)20-16(22)13-4-2-6-18-8-13/h1-9,11H,10H2,(H,20,22). The second-order valence-corrected chi connectivity index (χ2v) is 5.19. The summed E-state index contributed by atoms with van der Waals surface area (Å²) >= 11 is 5.96. The Kier molecular flexibility index (Phi) is 4.16. The summed E-state index contributed by atoms with van der Waals surface area (Å²) in [7, 11) is 0. The van der Waals surface area contributed by atoms with Crippen molar-refractivity contribution in [1.82, 2.24) is 14.8 Å². The number of amides is 1. The highest BCUT2D eigenvalue weighted by atomic mass is 35.5. The number of anilines is 1. The second-order valence-electron chi connectivity index (χ2n) is 4.75. The van der Waals surface area contributed by atoms with E-state index in [1.54, 1.807) is 35.4 Å². The molecule has 1 N–H and O–H groups in total. The lowest BCUT2D eigenvalue weighted by Crippen LogP contribution is -2.11. The fraction of sp³-hybridized carbons (Fsp3) is 0.0625. The molecule has 1 amide bonds. The number of hydrogen-bond donors (Lipinski definition) is 1. The zero-order valence-electron chi connectivity index (χ0n) is 11.6. The molecule has 0 unspecified atom stereocenters. The van der Waals surface area contributed by atoms with Gasteiger partial charge < -0.3 is 5.32 Å². The molecule has 3 aromatic rings. The molecule has 2 aromatic heterocycles. The summed E-state index contributed by atoms with van der Waals surface area (Å²) in [6, 6.07) is 11.0. The Morgan fingerprint density at radius 2 is 2.14 bits per heavy atom. The first-order valence-corrected chi connectivity index (χ1v) is 7.07. The van der Waals surface area contributed by atoms with Crippen LogP contribution >= 0.6 is 11.6 Å². The van der Waals surface area contributed by atoms with Crippen molar-refractivity contribution in [3.8, 4) is 0 Å². The van der Waals surface area contributed by atoms with Gasteiger partial charge in [0.25, 0.3) is 5.91 Å². The van der Waals surface area contributed by atoms with Gasteiger partial charge in [-0.1, -0.05) is 23.7 Å². The van der Waals surface area contributed by atoms with Gasteiger partial charge in [-0.3, -0.25) is 14.5 Å². The molecular weight excluding hydrogens is 300 g/mol. The molecular formula is C16H13ClN4O. The lowest BCUT2D eigenvalue weighted by molar-refractivity contribution is 0.102. The van der Waals surface area contributed by atoms with Crippen LogP contribution in [0.5, 0.6) is 0 Å². The summed E-state index contributed by atoms with van der Waals surface area (Å²) in [5, 5.41) is 7.71.